The third-order valence-electron chi connectivity index (χ3n) is 3.81. The van der Waals surface area contributed by atoms with Crippen LogP contribution in [0.4, 0.5) is 0 Å². The maximum atomic E-state index is 11.2. The van der Waals surface area contributed by atoms with Gasteiger partial charge < -0.3 is 14.6 Å². The number of rotatable bonds is 13. The summed E-state index contributed by atoms with van der Waals surface area (Å²) in [5, 5.41) is 8.51. The fourth-order valence-corrected chi connectivity index (χ4v) is 2.52. The van der Waals surface area contributed by atoms with Crippen LogP contribution in [0.15, 0.2) is 0 Å². The second-order valence-corrected chi connectivity index (χ2v) is 5.58. The van der Waals surface area contributed by atoms with Gasteiger partial charge in [0.25, 0.3) is 0 Å². The predicted octanol–water partition coefficient (Wildman–Crippen LogP) is 3.21. The van der Waals surface area contributed by atoms with Gasteiger partial charge in [-0.1, -0.05) is 45.4 Å². The molecule has 0 bridgehead atoms. The fourth-order valence-electron chi connectivity index (χ4n) is 2.52. The smallest absolute Gasteiger partial charge is 0.305 e. The lowest BCUT2D eigenvalue weighted by molar-refractivity contribution is -0.144. The summed E-state index contributed by atoms with van der Waals surface area (Å²) in [6.07, 6.45) is 12.3. The fraction of sp³-hybridized carbons (Fsp3) is 0.938. The molecule has 2 atom stereocenters. The second-order valence-electron chi connectivity index (χ2n) is 5.58. The molecule has 1 N–H and O–H groups in total. The van der Waals surface area contributed by atoms with Crippen LogP contribution in [-0.2, 0) is 14.3 Å². The first-order valence-electron chi connectivity index (χ1n) is 8.20. The van der Waals surface area contributed by atoms with Gasteiger partial charge in [0, 0.05) is 6.42 Å². The average molecular weight is 286 g/mol. The van der Waals surface area contributed by atoms with E-state index in [4.69, 9.17) is 14.6 Å². The van der Waals surface area contributed by atoms with Crippen molar-refractivity contribution < 1.29 is 19.4 Å². The van der Waals surface area contributed by atoms with Crippen LogP contribution in [-0.4, -0.2) is 36.5 Å². The lowest BCUT2D eigenvalue weighted by Crippen LogP contribution is -2.07. The summed E-state index contributed by atoms with van der Waals surface area (Å²) < 4.78 is 10.3. The number of hydrogen-bond acceptors (Lipinski definition) is 4. The Kier molecular flexibility index (Phi) is 9.67. The first-order chi connectivity index (χ1) is 9.77. The zero-order valence-electron chi connectivity index (χ0n) is 12.8. The quantitative estimate of drug-likeness (QED) is 0.321. The summed E-state index contributed by atoms with van der Waals surface area (Å²) in [5.41, 5.74) is 0. The standard InChI is InChI=1S/C16H30O4/c1-2-14-15(20-14)10-8-6-4-3-5-7-9-11-16(18)19-13-12-17/h14-15,17H,2-13H2,1H3. The largest absolute Gasteiger partial charge is 0.463 e. The van der Waals surface area contributed by atoms with E-state index in [-0.39, 0.29) is 19.2 Å². The molecule has 1 aliphatic rings. The van der Waals surface area contributed by atoms with Crippen molar-refractivity contribution in [1.82, 2.24) is 0 Å². The maximum absolute atomic E-state index is 11.2. The number of aliphatic hydroxyl groups is 1. The van der Waals surface area contributed by atoms with E-state index in [9.17, 15) is 4.79 Å². The number of aliphatic hydroxyl groups excluding tert-OH is 1. The molecule has 0 aromatic heterocycles. The molecule has 0 saturated carbocycles. The molecule has 0 radical (unpaired) electrons. The zero-order valence-corrected chi connectivity index (χ0v) is 12.8. The van der Waals surface area contributed by atoms with Gasteiger partial charge in [0.2, 0.25) is 0 Å². The molecule has 0 aromatic carbocycles. The Bertz CT molecular complexity index is 255. The minimum Gasteiger partial charge on any atom is -0.463 e. The molecule has 0 spiro atoms. The highest BCUT2D eigenvalue weighted by molar-refractivity contribution is 5.69. The SMILES string of the molecule is CCC1OC1CCCCCCCCCC(=O)OCCO. The first kappa shape index (κ1) is 17.4. The van der Waals surface area contributed by atoms with Crippen molar-refractivity contribution in [3.63, 3.8) is 0 Å². The normalized spacial score (nSPS) is 20.9. The van der Waals surface area contributed by atoms with Crippen LogP contribution in [0.1, 0.15) is 71.1 Å². The van der Waals surface area contributed by atoms with Crippen LogP contribution in [0.3, 0.4) is 0 Å². The highest BCUT2D eigenvalue weighted by atomic mass is 16.6. The summed E-state index contributed by atoms with van der Waals surface area (Å²) in [6.45, 7) is 2.23. The van der Waals surface area contributed by atoms with E-state index in [1.54, 1.807) is 0 Å². The van der Waals surface area contributed by atoms with Crippen molar-refractivity contribution in [2.45, 2.75) is 83.3 Å². The third kappa shape index (κ3) is 8.54. The van der Waals surface area contributed by atoms with E-state index in [0.717, 1.165) is 19.3 Å². The highest BCUT2D eigenvalue weighted by Gasteiger charge is 2.35. The lowest BCUT2D eigenvalue weighted by atomic mass is 10.1. The van der Waals surface area contributed by atoms with Crippen LogP contribution < -0.4 is 0 Å². The Morgan fingerprint density at radius 1 is 1.05 bits per heavy atom. The zero-order chi connectivity index (χ0) is 14.6. The molecular formula is C16H30O4. The van der Waals surface area contributed by atoms with Crippen molar-refractivity contribution in [2.75, 3.05) is 13.2 Å². The van der Waals surface area contributed by atoms with Gasteiger partial charge in [0.15, 0.2) is 0 Å². The molecule has 0 aliphatic carbocycles. The van der Waals surface area contributed by atoms with Gasteiger partial charge in [0.1, 0.15) is 6.61 Å². The highest BCUT2D eigenvalue weighted by Crippen LogP contribution is 2.29. The molecule has 1 rings (SSSR count). The maximum Gasteiger partial charge on any atom is 0.305 e. The number of epoxide rings is 1. The summed E-state index contributed by atoms with van der Waals surface area (Å²) in [4.78, 5) is 11.2. The van der Waals surface area contributed by atoms with E-state index in [1.807, 2.05) is 0 Å². The molecular weight excluding hydrogens is 256 g/mol. The molecule has 118 valence electrons. The van der Waals surface area contributed by atoms with Gasteiger partial charge in [-0.3, -0.25) is 4.79 Å². The Hall–Kier alpha value is -0.610. The molecule has 2 unspecified atom stereocenters. The molecule has 4 heteroatoms. The Balaban J connectivity index is 1.73. The van der Waals surface area contributed by atoms with Crippen molar-refractivity contribution in [3.8, 4) is 0 Å². The second kappa shape index (κ2) is 11.1. The minimum absolute atomic E-state index is 0.0867. The molecule has 4 nitrogen and oxygen atoms in total. The molecule has 0 aromatic rings. The minimum atomic E-state index is -0.186. The van der Waals surface area contributed by atoms with E-state index in [1.165, 1.54) is 38.5 Å². The van der Waals surface area contributed by atoms with Gasteiger partial charge in [-0.2, -0.15) is 0 Å². The molecule has 0 amide bonds. The van der Waals surface area contributed by atoms with Crippen molar-refractivity contribution in [2.24, 2.45) is 0 Å². The van der Waals surface area contributed by atoms with Crippen molar-refractivity contribution >= 4 is 5.97 Å². The topological polar surface area (TPSA) is 59.1 Å². The number of esters is 1. The Morgan fingerprint density at radius 2 is 1.70 bits per heavy atom. The third-order valence-corrected chi connectivity index (χ3v) is 3.81. The van der Waals surface area contributed by atoms with E-state index in [0.29, 0.717) is 18.6 Å². The number of ether oxygens (including phenoxy) is 2. The molecule has 1 fully saturated rings. The van der Waals surface area contributed by atoms with Gasteiger partial charge in [0.05, 0.1) is 18.8 Å². The number of unbranched alkanes of at least 4 members (excludes halogenated alkanes) is 6. The first-order valence-corrected chi connectivity index (χ1v) is 8.20. The van der Waals surface area contributed by atoms with Crippen LogP contribution in [0.5, 0.6) is 0 Å². The van der Waals surface area contributed by atoms with E-state index in [2.05, 4.69) is 6.92 Å². The predicted molar refractivity (Wildman–Crippen MR) is 78.5 cm³/mol. The molecule has 1 saturated heterocycles. The van der Waals surface area contributed by atoms with Crippen molar-refractivity contribution in [1.29, 1.82) is 0 Å². The van der Waals surface area contributed by atoms with Gasteiger partial charge in [-0.05, 0) is 19.3 Å². The Labute approximate surface area is 122 Å². The lowest BCUT2D eigenvalue weighted by Gasteiger charge is -2.03. The van der Waals surface area contributed by atoms with Crippen LogP contribution in [0.2, 0.25) is 0 Å². The van der Waals surface area contributed by atoms with E-state index >= 15 is 0 Å². The monoisotopic (exact) mass is 286 g/mol. The molecule has 20 heavy (non-hydrogen) atoms. The van der Waals surface area contributed by atoms with Crippen LogP contribution in [0, 0.1) is 0 Å². The van der Waals surface area contributed by atoms with Crippen molar-refractivity contribution in [3.05, 3.63) is 0 Å². The number of carbonyl (C=O) groups excluding carboxylic acids is 1. The number of hydrogen-bond donors (Lipinski definition) is 1. The summed E-state index contributed by atoms with van der Waals surface area (Å²) >= 11 is 0. The van der Waals surface area contributed by atoms with Crippen LogP contribution >= 0.6 is 0 Å². The Morgan fingerprint density at radius 3 is 2.30 bits per heavy atom. The average Bonchev–Trinajstić information content (AvgIpc) is 3.22. The molecule has 1 heterocycles. The summed E-state index contributed by atoms with van der Waals surface area (Å²) in [5.74, 6) is -0.186. The van der Waals surface area contributed by atoms with Gasteiger partial charge >= 0.3 is 5.97 Å². The van der Waals surface area contributed by atoms with Crippen LogP contribution in [0.25, 0.3) is 0 Å². The number of carbonyl (C=O) groups is 1. The summed E-state index contributed by atoms with van der Waals surface area (Å²) in [6, 6.07) is 0. The van der Waals surface area contributed by atoms with Gasteiger partial charge in [-0.15, -0.1) is 0 Å². The molecule has 1 aliphatic heterocycles. The van der Waals surface area contributed by atoms with Gasteiger partial charge in [-0.25, -0.2) is 0 Å². The summed E-state index contributed by atoms with van der Waals surface area (Å²) in [7, 11) is 0. The van der Waals surface area contributed by atoms with E-state index < -0.39 is 0 Å².